The summed E-state index contributed by atoms with van der Waals surface area (Å²) in [5, 5.41) is 21.2. The van der Waals surface area contributed by atoms with Gasteiger partial charge in [-0.15, -0.1) is 0 Å². The van der Waals surface area contributed by atoms with Crippen LogP contribution in [0.15, 0.2) is 18.2 Å². The standard InChI is InChI=1S/C13H13FN4/c14-12-2-1-10(6-15)11(5-12)9-18-4-3-17-8-13(18)7-16/h1-2,5,13,17H,3-4,8-9H2. The SMILES string of the molecule is N#Cc1ccc(F)cc1CN1CCNCC1C#N. The monoisotopic (exact) mass is 244 g/mol. The Morgan fingerprint density at radius 3 is 3.00 bits per heavy atom. The molecule has 92 valence electrons. The lowest BCUT2D eigenvalue weighted by Gasteiger charge is -2.32. The summed E-state index contributed by atoms with van der Waals surface area (Å²) in [5.41, 5.74) is 1.10. The summed E-state index contributed by atoms with van der Waals surface area (Å²) in [7, 11) is 0. The minimum atomic E-state index is -0.354. The normalized spacial score (nSPS) is 20.1. The smallest absolute Gasteiger partial charge is 0.123 e. The summed E-state index contributed by atoms with van der Waals surface area (Å²) >= 11 is 0. The van der Waals surface area contributed by atoms with Gasteiger partial charge in [-0.1, -0.05) is 0 Å². The number of halogens is 1. The van der Waals surface area contributed by atoms with Crippen LogP contribution in [-0.4, -0.2) is 30.6 Å². The molecule has 0 bridgehead atoms. The van der Waals surface area contributed by atoms with Crippen molar-refractivity contribution in [1.82, 2.24) is 10.2 Å². The fraction of sp³-hybridized carbons (Fsp3) is 0.385. The molecule has 0 spiro atoms. The molecule has 0 radical (unpaired) electrons. The maximum Gasteiger partial charge on any atom is 0.123 e. The second kappa shape index (κ2) is 5.59. The van der Waals surface area contributed by atoms with Crippen molar-refractivity contribution in [2.24, 2.45) is 0 Å². The van der Waals surface area contributed by atoms with Gasteiger partial charge in [-0.05, 0) is 23.8 Å². The van der Waals surface area contributed by atoms with Gasteiger partial charge in [-0.25, -0.2) is 4.39 Å². The Morgan fingerprint density at radius 1 is 1.44 bits per heavy atom. The zero-order valence-corrected chi connectivity index (χ0v) is 9.86. The van der Waals surface area contributed by atoms with Crippen molar-refractivity contribution in [3.8, 4) is 12.1 Å². The molecule has 1 N–H and O–H groups in total. The van der Waals surface area contributed by atoms with Crippen molar-refractivity contribution in [2.75, 3.05) is 19.6 Å². The predicted molar refractivity (Wildman–Crippen MR) is 63.8 cm³/mol. The number of benzene rings is 1. The Hall–Kier alpha value is -1.95. The molecular formula is C13H13FN4. The summed E-state index contributed by atoms with van der Waals surface area (Å²) in [6, 6.07) is 8.17. The number of rotatable bonds is 2. The van der Waals surface area contributed by atoms with E-state index in [1.807, 2.05) is 4.90 Å². The minimum Gasteiger partial charge on any atom is -0.313 e. The lowest BCUT2D eigenvalue weighted by atomic mass is 10.1. The highest BCUT2D eigenvalue weighted by molar-refractivity contribution is 5.37. The molecule has 1 unspecified atom stereocenters. The first kappa shape index (κ1) is 12.5. The summed E-state index contributed by atoms with van der Waals surface area (Å²) < 4.78 is 13.2. The van der Waals surface area contributed by atoms with Gasteiger partial charge in [0.1, 0.15) is 11.9 Å². The van der Waals surface area contributed by atoms with Crippen molar-refractivity contribution in [1.29, 1.82) is 10.5 Å². The van der Waals surface area contributed by atoms with E-state index in [0.29, 0.717) is 24.2 Å². The van der Waals surface area contributed by atoms with Crippen molar-refractivity contribution in [2.45, 2.75) is 12.6 Å². The summed E-state index contributed by atoms with van der Waals surface area (Å²) in [5.74, 6) is -0.354. The van der Waals surface area contributed by atoms with E-state index >= 15 is 0 Å². The molecule has 5 heteroatoms. The van der Waals surface area contributed by atoms with Crippen LogP contribution in [0.5, 0.6) is 0 Å². The van der Waals surface area contributed by atoms with Crippen LogP contribution in [0.4, 0.5) is 4.39 Å². The van der Waals surface area contributed by atoms with Crippen LogP contribution in [0.1, 0.15) is 11.1 Å². The third-order valence-corrected chi connectivity index (χ3v) is 3.06. The number of nitriles is 2. The van der Waals surface area contributed by atoms with Crippen molar-refractivity contribution in [3.05, 3.63) is 35.1 Å². The van der Waals surface area contributed by atoms with E-state index in [0.717, 1.165) is 13.1 Å². The highest BCUT2D eigenvalue weighted by atomic mass is 19.1. The largest absolute Gasteiger partial charge is 0.313 e. The molecule has 1 saturated heterocycles. The van der Waals surface area contributed by atoms with Gasteiger partial charge < -0.3 is 5.32 Å². The van der Waals surface area contributed by atoms with Gasteiger partial charge in [0.25, 0.3) is 0 Å². The second-order valence-corrected chi connectivity index (χ2v) is 4.23. The van der Waals surface area contributed by atoms with E-state index in [2.05, 4.69) is 17.5 Å². The fourth-order valence-corrected chi connectivity index (χ4v) is 2.08. The zero-order valence-electron chi connectivity index (χ0n) is 9.86. The van der Waals surface area contributed by atoms with Crippen LogP contribution in [0.25, 0.3) is 0 Å². The average Bonchev–Trinajstić information content (AvgIpc) is 2.40. The van der Waals surface area contributed by atoms with Crippen LogP contribution < -0.4 is 5.32 Å². The quantitative estimate of drug-likeness (QED) is 0.842. The first-order valence-corrected chi connectivity index (χ1v) is 5.77. The van der Waals surface area contributed by atoms with Crippen LogP contribution >= 0.6 is 0 Å². The van der Waals surface area contributed by atoms with E-state index in [1.54, 1.807) is 0 Å². The van der Waals surface area contributed by atoms with Gasteiger partial charge in [0.15, 0.2) is 0 Å². The Bertz CT molecular complexity index is 515. The molecule has 18 heavy (non-hydrogen) atoms. The van der Waals surface area contributed by atoms with Gasteiger partial charge in [-0.3, -0.25) is 4.90 Å². The Kier molecular flexibility index (Phi) is 3.88. The van der Waals surface area contributed by atoms with Crippen LogP contribution in [0.2, 0.25) is 0 Å². The van der Waals surface area contributed by atoms with Gasteiger partial charge in [-0.2, -0.15) is 10.5 Å². The Labute approximate surface area is 105 Å². The number of nitrogens with one attached hydrogen (secondary N) is 1. The highest BCUT2D eigenvalue weighted by Crippen LogP contribution is 2.15. The summed E-state index contributed by atoms with van der Waals surface area (Å²) in [6.45, 7) is 2.56. The molecule has 1 fully saturated rings. The lowest BCUT2D eigenvalue weighted by Crippen LogP contribution is -2.50. The molecule has 1 aliphatic rings. The van der Waals surface area contributed by atoms with E-state index in [-0.39, 0.29) is 11.9 Å². The maximum atomic E-state index is 13.2. The average molecular weight is 244 g/mol. The van der Waals surface area contributed by atoms with E-state index in [4.69, 9.17) is 10.5 Å². The molecular weight excluding hydrogens is 231 g/mol. The van der Waals surface area contributed by atoms with E-state index in [1.165, 1.54) is 18.2 Å². The number of piperazine rings is 1. The number of hydrogen-bond donors (Lipinski definition) is 1. The molecule has 4 nitrogen and oxygen atoms in total. The van der Waals surface area contributed by atoms with Crippen molar-refractivity contribution in [3.63, 3.8) is 0 Å². The van der Waals surface area contributed by atoms with Gasteiger partial charge in [0, 0.05) is 26.2 Å². The molecule has 0 saturated carbocycles. The molecule has 2 rings (SSSR count). The van der Waals surface area contributed by atoms with E-state index in [9.17, 15) is 4.39 Å². The molecule has 1 atom stereocenters. The third kappa shape index (κ3) is 2.65. The zero-order chi connectivity index (χ0) is 13.0. The summed E-state index contributed by atoms with van der Waals surface area (Å²) in [4.78, 5) is 1.96. The van der Waals surface area contributed by atoms with Crippen LogP contribution in [-0.2, 0) is 6.54 Å². The Morgan fingerprint density at radius 2 is 2.28 bits per heavy atom. The predicted octanol–water partition coefficient (Wildman–Crippen LogP) is 0.995. The van der Waals surface area contributed by atoms with Gasteiger partial charge in [0.05, 0.1) is 17.7 Å². The lowest BCUT2D eigenvalue weighted by molar-refractivity contribution is 0.189. The second-order valence-electron chi connectivity index (χ2n) is 4.23. The Balaban J connectivity index is 2.20. The van der Waals surface area contributed by atoms with Crippen molar-refractivity contribution >= 4 is 0 Å². The number of hydrogen-bond acceptors (Lipinski definition) is 4. The fourth-order valence-electron chi connectivity index (χ4n) is 2.08. The summed E-state index contributed by atoms with van der Waals surface area (Å²) in [6.07, 6.45) is 0. The highest BCUT2D eigenvalue weighted by Gasteiger charge is 2.22. The topological polar surface area (TPSA) is 62.9 Å². The maximum absolute atomic E-state index is 13.2. The molecule has 0 aromatic heterocycles. The van der Waals surface area contributed by atoms with Crippen LogP contribution in [0, 0.1) is 28.5 Å². The molecule has 1 aromatic carbocycles. The number of nitrogens with zero attached hydrogens (tertiary/aromatic N) is 3. The molecule has 0 aliphatic carbocycles. The van der Waals surface area contributed by atoms with Gasteiger partial charge >= 0.3 is 0 Å². The molecule has 1 aliphatic heterocycles. The van der Waals surface area contributed by atoms with Crippen molar-refractivity contribution < 1.29 is 4.39 Å². The van der Waals surface area contributed by atoms with E-state index < -0.39 is 0 Å². The third-order valence-electron chi connectivity index (χ3n) is 3.06. The van der Waals surface area contributed by atoms with Crippen LogP contribution in [0.3, 0.4) is 0 Å². The first-order chi connectivity index (χ1) is 8.74. The molecule has 1 heterocycles. The molecule has 1 aromatic rings. The van der Waals surface area contributed by atoms with Gasteiger partial charge in [0.2, 0.25) is 0 Å². The minimum absolute atomic E-state index is 0.228. The molecule has 0 amide bonds. The first-order valence-electron chi connectivity index (χ1n) is 5.77.